The second kappa shape index (κ2) is 11.0. The van der Waals surface area contributed by atoms with Gasteiger partial charge < -0.3 is 9.47 Å². The summed E-state index contributed by atoms with van der Waals surface area (Å²) in [5.41, 5.74) is 3.75. The van der Waals surface area contributed by atoms with Crippen LogP contribution in [-0.4, -0.2) is 11.9 Å². The minimum absolute atomic E-state index is 0.220. The van der Waals surface area contributed by atoms with Gasteiger partial charge in [-0.2, -0.15) is 0 Å². The summed E-state index contributed by atoms with van der Waals surface area (Å²) in [5.74, 6) is 0.273. The van der Waals surface area contributed by atoms with Gasteiger partial charge in [0.2, 0.25) is 0 Å². The van der Waals surface area contributed by atoms with E-state index in [1.165, 1.54) is 0 Å². The minimum Gasteiger partial charge on any atom is -0.419 e. The summed E-state index contributed by atoms with van der Waals surface area (Å²) < 4.78 is 11.9. The maximum atomic E-state index is 13.1. The number of ether oxygens (including phenoxy) is 2. The molecule has 3 aromatic carbocycles. The van der Waals surface area contributed by atoms with Crippen LogP contribution < -0.4 is 9.47 Å². The molecule has 0 saturated heterocycles. The van der Waals surface area contributed by atoms with Crippen molar-refractivity contribution in [1.82, 2.24) is 0 Å². The number of carbonyl (C=O) groups is 2. The molecule has 3 aromatic rings. The maximum absolute atomic E-state index is 13.1. The highest BCUT2D eigenvalue weighted by Crippen LogP contribution is 2.42. The van der Waals surface area contributed by atoms with Crippen LogP contribution in [0.2, 0.25) is 0 Å². The van der Waals surface area contributed by atoms with E-state index in [1.54, 1.807) is 48.5 Å². The van der Waals surface area contributed by atoms with Crippen molar-refractivity contribution in [3.63, 3.8) is 0 Å². The van der Waals surface area contributed by atoms with Gasteiger partial charge >= 0.3 is 11.9 Å². The van der Waals surface area contributed by atoms with Crippen molar-refractivity contribution in [3.8, 4) is 11.5 Å². The third kappa shape index (κ3) is 5.89. The van der Waals surface area contributed by atoms with Gasteiger partial charge in [0, 0.05) is 5.56 Å². The zero-order chi connectivity index (χ0) is 24.0. The second-order valence-electron chi connectivity index (χ2n) is 8.88. The number of esters is 2. The highest BCUT2D eigenvalue weighted by Gasteiger charge is 2.26. The number of hydrogen-bond donors (Lipinski definition) is 0. The lowest BCUT2D eigenvalue weighted by Gasteiger charge is -2.23. The minimum atomic E-state index is -0.477. The Morgan fingerprint density at radius 2 is 1.24 bits per heavy atom. The molecule has 3 rings (SSSR count). The fourth-order valence-electron chi connectivity index (χ4n) is 3.82. The van der Waals surface area contributed by atoms with Crippen molar-refractivity contribution in [2.45, 2.75) is 53.4 Å². The van der Waals surface area contributed by atoms with Crippen LogP contribution in [0.3, 0.4) is 0 Å². The molecule has 0 saturated carbocycles. The molecule has 0 fully saturated rings. The third-order valence-electron chi connectivity index (χ3n) is 5.47. The standard InChI is InChI=1S/C29H32O4/c1-6-21-18-24(20(4)5)25(17-19(2)3)27(33-29(31)23-15-11-8-12-16-23)26(21)32-28(30)22-13-9-7-10-14-22/h7-16,18-20H,6,17H2,1-5H3. The Kier molecular flexibility index (Phi) is 8.05. The lowest BCUT2D eigenvalue weighted by Crippen LogP contribution is -2.17. The first-order valence-electron chi connectivity index (χ1n) is 11.5. The summed E-state index contributed by atoms with van der Waals surface area (Å²) in [5, 5.41) is 0. The van der Waals surface area contributed by atoms with E-state index in [1.807, 2.05) is 19.1 Å². The molecular weight excluding hydrogens is 412 g/mol. The molecular formula is C29H32O4. The number of rotatable bonds is 8. The lowest BCUT2D eigenvalue weighted by atomic mass is 9.88. The van der Waals surface area contributed by atoms with Gasteiger partial charge in [0.05, 0.1) is 11.1 Å². The Morgan fingerprint density at radius 1 is 0.758 bits per heavy atom. The van der Waals surface area contributed by atoms with E-state index in [0.29, 0.717) is 41.4 Å². The predicted molar refractivity (Wildman–Crippen MR) is 131 cm³/mol. The lowest BCUT2D eigenvalue weighted by molar-refractivity contribution is 0.0679. The van der Waals surface area contributed by atoms with Crippen LogP contribution in [-0.2, 0) is 12.8 Å². The molecule has 0 aliphatic carbocycles. The quantitative estimate of drug-likeness (QED) is 0.277. The van der Waals surface area contributed by atoms with Crippen LogP contribution in [0.15, 0.2) is 66.7 Å². The van der Waals surface area contributed by atoms with Gasteiger partial charge in [-0.1, -0.05) is 77.1 Å². The molecule has 0 aromatic heterocycles. The topological polar surface area (TPSA) is 52.6 Å². The van der Waals surface area contributed by atoms with E-state index in [2.05, 4.69) is 33.8 Å². The highest BCUT2D eigenvalue weighted by molar-refractivity contribution is 5.93. The van der Waals surface area contributed by atoms with Gasteiger partial charge in [-0.05, 0) is 60.1 Å². The molecule has 0 aliphatic rings. The van der Waals surface area contributed by atoms with E-state index in [0.717, 1.165) is 16.7 Å². The van der Waals surface area contributed by atoms with Crippen LogP contribution >= 0.6 is 0 Å². The van der Waals surface area contributed by atoms with Gasteiger partial charge in [-0.25, -0.2) is 9.59 Å². The molecule has 0 N–H and O–H groups in total. The molecule has 0 amide bonds. The summed E-state index contributed by atoms with van der Waals surface area (Å²) in [7, 11) is 0. The Labute approximate surface area is 196 Å². The summed E-state index contributed by atoms with van der Waals surface area (Å²) in [4.78, 5) is 26.1. The molecule has 0 heterocycles. The maximum Gasteiger partial charge on any atom is 0.343 e. The van der Waals surface area contributed by atoms with Crippen molar-refractivity contribution in [2.24, 2.45) is 5.92 Å². The van der Waals surface area contributed by atoms with Crippen LogP contribution in [0.4, 0.5) is 0 Å². The Morgan fingerprint density at radius 3 is 1.67 bits per heavy atom. The largest absolute Gasteiger partial charge is 0.419 e. The van der Waals surface area contributed by atoms with Crippen LogP contribution in [0.25, 0.3) is 0 Å². The number of benzene rings is 3. The molecule has 0 spiro atoms. The molecule has 172 valence electrons. The number of carbonyl (C=O) groups excluding carboxylic acids is 2. The molecule has 0 aliphatic heterocycles. The molecule has 33 heavy (non-hydrogen) atoms. The average Bonchev–Trinajstić information content (AvgIpc) is 2.81. The van der Waals surface area contributed by atoms with Crippen molar-refractivity contribution in [3.05, 3.63) is 94.5 Å². The second-order valence-corrected chi connectivity index (χ2v) is 8.88. The SMILES string of the molecule is CCc1cc(C(C)C)c(CC(C)C)c(OC(=O)c2ccccc2)c1OC(=O)c1ccccc1. The summed E-state index contributed by atoms with van der Waals surface area (Å²) in [6.45, 7) is 10.5. The first-order valence-corrected chi connectivity index (χ1v) is 11.5. The van der Waals surface area contributed by atoms with Gasteiger partial charge in [-0.3, -0.25) is 0 Å². The summed E-state index contributed by atoms with van der Waals surface area (Å²) in [6, 6.07) is 19.8. The van der Waals surface area contributed by atoms with E-state index in [9.17, 15) is 9.59 Å². The predicted octanol–water partition coefficient (Wildman–Crippen LogP) is 7.01. The third-order valence-corrected chi connectivity index (χ3v) is 5.47. The number of aryl methyl sites for hydroxylation is 1. The fraction of sp³-hybridized carbons (Fsp3) is 0.310. The molecule has 4 heteroatoms. The summed E-state index contributed by atoms with van der Waals surface area (Å²) in [6.07, 6.45) is 1.33. The van der Waals surface area contributed by atoms with Crippen molar-refractivity contribution in [1.29, 1.82) is 0 Å². The first-order chi connectivity index (χ1) is 15.8. The Hall–Kier alpha value is -3.40. The molecule has 4 nitrogen and oxygen atoms in total. The molecule has 0 atom stereocenters. The van der Waals surface area contributed by atoms with Gasteiger partial charge in [-0.15, -0.1) is 0 Å². The van der Waals surface area contributed by atoms with Gasteiger partial charge in [0.25, 0.3) is 0 Å². The van der Waals surface area contributed by atoms with E-state index >= 15 is 0 Å². The van der Waals surface area contributed by atoms with Crippen LogP contribution in [0.1, 0.15) is 77.9 Å². The zero-order valence-corrected chi connectivity index (χ0v) is 20.1. The first kappa shape index (κ1) is 24.2. The van der Waals surface area contributed by atoms with Gasteiger partial charge in [0.15, 0.2) is 11.5 Å². The van der Waals surface area contributed by atoms with Crippen molar-refractivity contribution < 1.29 is 19.1 Å². The highest BCUT2D eigenvalue weighted by atomic mass is 16.6. The Balaban J connectivity index is 2.17. The van der Waals surface area contributed by atoms with Gasteiger partial charge in [0.1, 0.15) is 0 Å². The molecule has 0 unspecified atom stereocenters. The van der Waals surface area contributed by atoms with E-state index in [-0.39, 0.29) is 5.92 Å². The average molecular weight is 445 g/mol. The van der Waals surface area contributed by atoms with Crippen LogP contribution in [0.5, 0.6) is 11.5 Å². The zero-order valence-electron chi connectivity index (χ0n) is 20.1. The number of hydrogen-bond acceptors (Lipinski definition) is 4. The summed E-state index contributed by atoms with van der Waals surface area (Å²) >= 11 is 0. The Bertz CT molecular complexity index is 1100. The molecule has 0 bridgehead atoms. The normalized spacial score (nSPS) is 11.0. The van der Waals surface area contributed by atoms with E-state index < -0.39 is 11.9 Å². The van der Waals surface area contributed by atoms with Crippen molar-refractivity contribution in [2.75, 3.05) is 0 Å². The molecule has 0 radical (unpaired) electrons. The fourth-order valence-corrected chi connectivity index (χ4v) is 3.82. The van der Waals surface area contributed by atoms with Crippen LogP contribution in [0, 0.1) is 5.92 Å². The smallest absolute Gasteiger partial charge is 0.343 e. The van der Waals surface area contributed by atoms with E-state index in [4.69, 9.17) is 9.47 Å². The van der Waals surface area contributed by atoms with Crippen molar-refractivity contribution >= 4 is 11.9 Å². The monoisotopic (exact) mass is 444 g/mol.